The second kappa shape index (κ2) is 9.50. The van der Waals surface area contributed by atoms with Crippen molar-refractivity contribution in [3.63, 3.8) is 0 Å². The molecule has 2 aromatic heterocycles. The Kier molecular flexibility index (Phi) is 6.08. The molecule has 0 aliphatic carbocycles. The average molecular weight is 482 g/mol. The largest absolute Gasteiger partial charge is 0.462 e. The van der Waals surface area contributed by atoms with Crippen LogP contribution in [0.3, 0.4) is 0 Å². The van der Waals surface area contributed by atoms with Crippen molar-refractivity contribution in [2.24, 2.45) is 0 Å². The Hall–Kier alpha value is -4.72. The van der Waals surface area contributed by atoms with Gasteiger partial charge in [-0.1, -0.05) is 48.5 Å². The van der Waals surface area contributed by atoms with Crippen molar-refractivity contribution < 1.29 is 23.5 Å². The Bertz CT molecular complexity index is 1670. The normalized spacial score (nSPS) is 11.1. The third-order valence-electron chi connectivity index (χ3n) is 5.73. The van der Waals surface area contributed by atoms with Gasteiger partial charge in [-0.3, -0.25) is 0 Å². The zero-order valence-corrected chi connectivity index (χ0v) is 19.7. The maximum Gasteiger partial charge on any atom is 0.357 e. The summed E-state index contributed by atoms with van der Waals surface area (Å²) in [6.45, 7) is 3.46. The number of nitrogens with zero attached hydrogens (tertiary/aromatic N) is 2. The summed E-state index contributed by atoms with van der Waals surface area (Å²) in [5.41, 5.74) is -0.0799. The lowest BCUT2D eigenvalue weighted by Crippen LogP contribution is -2.17. The molecule has 0 amide bonds. The molecule has 0 spiro atoms. The topological polar surface area (TPSA) is 101 Å². The Balaban J connectivity index is 1.86. The Morgan fingerprint density at radius 2 is 1.56 bits per heavy atom. The van der Waals surface area contributed by atoms with Crippen molar-refractivity contribution in [1.82, 2.24) is 9.78 Å². The lowest BCUT2D eigenvalue weighted by Gasteiger charge is -2.09. The number of carbonyl (C=O) groups excluding carboxylic acids is 2. The van der Waals surface area contributed by atoms with Crippen LogP contribution in [0.1, 0.15) is 34.7 Å². The number of ether oxygens (including phenoxy) is 2. The van der Waals surface area contributed by atoms with Crippen LogP contribution in [0, 0.1) is 0 Å². The molecule has 36 heavy (non-hydrogen) atoms. The molecule has 0 unspecified atom stereocenters. The summed E-state index contributed by atoms with van der Waals surface area (Å²) >= 11 is 0. The fraction of sp³-hybridized carbons (Fsp3) is 0.143. The molecular weight excluding hydrogens is 460 g/mol. The predicted molar refractivity (Wildman–Crippen MR) is 134 cm³/mol. The van der Waals surface area contributed by atoms with Gasteiger partial charge in [-0.15, -0.1) is 0 Å². The minimum atomic E-state index is -0.796. The van der Waals surface area contributed by atoms with Crippen LogP contribution < -0.4 is 5.63 Å². The lowest BCUT2D eigenvalue weighted by atomic mass is 10.0. The van der Waals surface area contributed by atoms with E-state index in [2.05, 4.69) is 5.10 Å². The van der Waals surface area contributed by atoms with E-state index in [4.69, 9.17) is 13.9 Å². The summed E-state index contributed by atoms with van der Waals surface area (Å²) < 4.78 is 17.5. The van der Waals surface area contributed by atoms with Crippen LogP contribution in [0.15, 0.2) is 82.0 Å². The molecule has 3 aromatic carbocycles. The van der Waals surface area contributed by atoms with Gasteiger partial charge in [0.2, 0.25) is 0 Å². The van der Waals surface area contributed by atoms with Crippen molar-refractivity contribution >= 4 is 33.7 Å². The van der Waals surface area contributed by atoms with Gasteiger partial charge >= 0.3 is 17.6 Å². The first-order chi connectivity index (χ1) is 17.5. The Labute approximate surface area is 205 Å². The predicted octanol–water partition coefficient (Wildman–Crippen LogP) is 5.15. The molecule has 8 nitrogen and oxygen atoms in total. The summed E-state index contributed by atoms with van der Waals surface area (Å²) in [5, 5.41) is 7.05. The van der Waals surface area contributed by atoms with Crippen LogP contribution in [0.4, 0.5) is 0 Å². The summed E-state index contributed by atoms with van der Waals surface area (Å²) in [4.78, 5) is 39.4. The van der Waals surface area contributed by atoms with E-state index >= 15 is 0 Å². The molecule has 0 atom stereocenters. The van der Waals surface area contributed by atoms with Gasteiger partial charge in [0.25, 0.3) is 0 Å². The third kappa shape index (κ3) is 3.92. The number of para-hydroxylation sites is 1. The summed E-state index contributed by atoms with van der Waals surface area (Å²) in [5.74, 6) is -1.56. The SMILES string of the molecule is CCOC(=O)c1c(-c2cc3c(ccc4ccccc43)oc2=O)nn(-c2ccccc2)c1C(=O)OCC. The van der Waals surface area contributed by atoms with E-state index in [-0.39, 0.29) is 35.7 Å². The molecule has 8 heteroatoms. The van der Waals surface area contributed by atoms with Crippen LogP contribution >= 0.6 is 0 Å². The third-order valence-corrected chi connectivity index (χ3v) is 5.73. The zero-order chi connectivity index (χ0) is 25.2. The number of aromatic nitrogens is 2. The van der Waals surface area contributed by atoms with E-state index in [1.54, 1.807) is 50.2 Å². The molecule has 0 N–H and O–H groups in total. The summed E-state index contributed by atoms with van der Waals surface area (Å²) in [6, 6.07) is 21.7. The Morgan fingerprint density at radius 1 is 0.861 bits per heavy atom. The van der Waals surface area contributed by atoms with E-state index in [0.29, 0.717) is 16.7 Å². The highest BCUT2D eigenvalue weighted by Crippen LogP contribution is 2.31. The molecule has 0 fully saturated rings. The van der Waals surface area contributed by atoms with Gasteiger partial charge in [-0.05, 0) is 48.9 Å². The number of fused-ring (bicyclic) bond motifs is 3. The van der Waals surface area contributed by atoms with E-state index in [9.17, 15) is 14.4 Å². The monoisotopic (exact) mass is 482 g/mol. The van der Waals surface area contributed by atoms with Crippen LogP contribution in [-0.4, -0.2) is 34.9 Å². The van der Waals surface area contributed by atoms with Gasteiger partial charge in [0.1, 0.15) is 16.8 Å². The number of esters is 2. The summed E-state index contributed by atoms with van der Waals surface area (Å²) in [6.07, 6.45) is 0. The van der Waals surface area contributed by atoms with Gasteiger partial charge in [0.15, 0.2) is 5.69 Å². The number of rotatable bonds is 6. The summed E-state index contributed by atoms with van der Waals surface area (Å²) in [7, 11) is 0. The highest BCUT2D eigenvalue weighted by Gasteiger charge is 2.33. The number of hydrogen-bond acceptors (Lipinski definition) is 7. The average Bonchev–Trinajstić information content (AvgIpc) is 3.30. The quantitative estimate of drug-likeness (QED) is 0.187. The van der Waals surface area contributed by atoms with Gasteiger partial charge in [0, 0.05) is 5.39 Å². The minimum absolute atomic E-state index is 0.0241. The first-order valence-electron chi connectivity index (χ1n) is 11.5. The van der Waals surface area contributed by atoms with Crippen molar-refractivity contribution in [3.8, 4) is 16.9 Å². The number of hydrogen-bond donors (Lipinski definition) is 0. The number of benzene rings is 3. The van der Waals surface area contributed by atoms with Gasteiger partial charge in [0.05, 0.1) is 24.5 Å². The molecule has 5 aromatic rings. The Morgan fingerprint density at radius 3 is 2.31 bits per heavy atom. The van der Waals surface area contributed by atoms with E-state index < -0.39 is 17.6 Å². The van der Waals surface area contributed by atoms with E-state index in [1.165, 1.54) is 4.68 Å². The van der Waals surface area contributed by atoms with Crippen molar-refractivity contribution in [3.05, 3.63) is 94.5 Å². The molecule has 0 saturated carbocycles. The van der Waals surface area contributed by atoms with E-state index in [1.807, 2.05) is 36.4 Å². The highest BCUT2D eigenvalue weighted by molar-refractivity contribution is 6.09. The van der Waals surface area contributed by atoms with Gasteiger partial charge < -0.3 is 13.9 Å². The van der Waals surface area contributed by atoms with Crippen LogP contribution in [0.5, 0.6) is 0 Å². The molecule has 2 heterocycles. The van der Waals surface area contributed by atoms with Crippen molar-refractivity contribution in [2.75, 3.05) is 13.2 Å². The lowest BCUT2D eigenvalue weighted by molar-refractivity contribution is 0.0473. The minimum Gasteiger partial charge on any atom is -0.462 e. The van der Waals surface area contributed by atoms with Crippen LogP contribution in [0.2, 0.25) is 0 Å². The molecule has 180 valence electrons. The standard InChI is InChI=1S/C28H22N2O6/c1-3-34-27(32)23-24(29-30(18-11-6-5-7-12-18)25(23)28(33)35-4-2)21-16-20-19-13-9-8-10-17(19)14-15-22(20)36-26(21)31/h5-16H,3-4H2,1-2H3. The highest BCUT2D eigenvalue weighted by atomic mass is 16.5. The van der Waals surface area contributed by atoms with Gasteiger partial charge in [-0.2, -0.15) is 5.10 Å². The van der Waals surface area contributed by atoms with Crippen LogP contribution in [0.25, 0.3) is 38.7 Å². The molecule has 0 radical (unpaired) electrons. The molecule has 0 aliphatic heterocycles. The maximum atomic E-state index is 13.2. The molecule has 0 aliphatic rings. The second-order valence-electron chi connectivity index (χ2n) is 7.91. The maximum absolute atomic E-state index is 13.2. The molecule has 0 saturated heterocycles. The van der Waals surface area contributed by atoms with Crippen molar-refractivity contribution in [1.29, 1.82) is 0 Å². The van der Waals surface area contributed by atoms with Gasteiger partial charge in [-0.25, -0.2) is 19.1 Å². The van der Waals surface area contributed by atoms with Crippen LogP contribution in [-0.2, 0) is 9.47 Å². The van der Waals surface area contributed by atoms with E-state index in [0.717, 1.165) is 10.8 Å². The molecule has 0 bridgehead atoms. The smallest absolute Gasteiger partial charge is 0.357 e. The first kappa shape index (κ1) is 23.0. The fourth-order valence-corrected chi connectivity index (χ4v) is 4.18. The number of carbonyl (C=O) groups is 2. The first-order valence-corrected chi connectivity index (χ1v) is 11.5. The fourth-order valence-electron chi connectivity index (χ4n) is 4.18. The zero-order valence-electron chi connectivity index (χ0n) is 19.7. The van der Waals surface area contributed by atoms with Crippen molar-refractivity contribution in [2.45, 2.75) is 13.8 Å². The molecular formula is C28H22N2O6. The molecule has 5 rings (SSSR count). The second-order valence-corrected chi connectivity index (χ2v) is 7.91.